The Balaban J connectivity index is 2.09. The zero-order valence-electron chi connectivity index (χ0n) is 9.01. The molecule has 2 aromatic carbocycles. The number of ether oxygens (including phenoxy) is 1. The number of nitrogens with zero attached hydrogens (tertiary/aromatic N) is 1. The summed E-state index contributed by atoms with van der Waals surface area (Å²) in [6.45, 7) is 0. The largest absolute Gasteiger partial charge is 0.455 e. The third-order valence-corrected chi connectivity index (χ3v) is 3.71. The maximum absolute atomic E-state index is 8.80. The van der Waals surface area contributed by atoms with Crippen LogP contribution < -0.4 is 4.74 Å². The fourth-order valence-electron chi connectivity index (χ4n) is 1.83. The summed E-state index contributed by atoms with van der Waals surface area (Å²) in [5.41, 5.74) is 0.951. The van der Waals surface area contributed by atoms with E-state index in [2.05, 4.69) is 6.07 Å². The molecule has 1 heterocycles. The Morgan fingerprint density at radius 3 is 2.76 bits per heavy atom. The van der Waals surface area contributed by atoms with Gasteiger partial charge in [0.15, 0.2) is 0 Å². The molecule has 0 unspecified atom stereocenters. The highest BCUT2D eigenvalue weighted by Crippen LogP contribution is 2.48. The van der Waals surface area contributed by atoms with Crippen LogP contribution in [0.1, 0.15) is 5.56 Å². The van der Waals surface area contributed by atoms with Crippen molar-refractivity contribution in [1.82, 2.24) is 0 Å². The third-order valence-electron chi connectivity index (χ3n) is 2.61. The topological polar surface area (TPSA) is 33.0 Å². The molecule has 0 N–H and O–H groups in total. The Morgan fingerprint density at radius 1 is 1.06 bits per heavy atom. The molecule has 0 aromatic heterocycles. The zero-order valence-corrected chi connectivity index (χ0v) is 9.83. The van der Waals surface area contributed by atoms with Crippen molar-refractivity contribution < 1.29 is 4.74 Å². The zero-order chi connectivity index (χ0) is 11.7. The average molecular weight is 239 g/mol. The predicted molar refractivity (Wildman–Crippen MR) is 66.4 cm³/mol. The van der Waals surface area contributed by atoms with Gasteiger partial charge in [-0.1, -0.05) is 36.0 Å². The summed E-state index contributed by atoms with van der Waals surface area (Å²) in [5, 5.41) is 8.80. The highest BCUT2D eigenvalue weighted by atomic mass is 32.2. The van der Waals surface area contributed by atoms with Crippen LogP contribution in [0.4, 0.5) is 0 Å². The number of rotatable bonds is 1. The standard InChI is InChI=1S/C14H9NOS/c15-9-8-10-4-3-7-13-14(10)16-11-5-1-2-6-12(11)17-13/h1-7H,8H2. The van der Waals surface area contributed by atoms with E-state index in [1.165, 1.54) is 0 Å². The third kappa shape index (κ3) is 1.77. The maximum atomic E-state index is 8.80. The average Bonchev–Trinajstić information content (AvgIpc) is 2.37. The Morgan fingerprint density at radius 2 is 1.88 bits per heavy atom. The van der Waals surface area contributed by atoms with Gasteiger partial charge in [-0.15, -0.1) is 0 Å². The molecule has 1 aliphatic heterocycles. The van der Waals surface area contributed by atoms with Crippen molar-refractivity contribution in [2.75, 3.05) is 0 Å². The minimum absolute atomic E-state index is 0.381. The molecule has 0 atom stereocenters. The van der Waals surface area contributed by atoms with Crippen LogP contribution in [0.5, 0.6) is 11.5 Å². The molecule has 0 bridgehead atoms. The van der Waals surface area contributed by atoms with Gasteiger partial charge in [-0.25, -0.2) is 0 Å². The van der Waals surface area contributed by atoms with Crippen LogP contribution in [0.15, 0.2) is 52.3 Å². The molecule has 0 fully saturated rings. The van der Waals surface area contributed by atoms with Gasteiger partial charge in [0.05, 0.1) is 22.3 Å². The predicted octanol–water partition coefficient (Wildman–Crippen LogP) is 4.01. The summed E-state index contributed by atoms with van der Waals surface area (Å²) >= 11 is 1.69. The maximum Gasteiger partial charge on any atom is 0.145 e. The van der Waals surface area contributed by atoms with Crippen LogP contribution in [-0.4, -0.2) is 0 Å². The monoisotopic (exact) mass is 239 g/mol. The van der Waals surface area contributed by atoms with Crippen molar-refractivity contribution in [2.24, 2.45) is 0 Å². The van der Waals surface area contributed by atoms with Gasteiger partial charge in [-0.3, -0.25) is 0 Å². The minimum Gasteiger partial charge on any atom is -0.455 e. The van der Waals surface area contributed by atoms with Crippen LogP contribution in [-0.2, 0) is 6.42 Å². The van der Waals surface area contributed by atoms with Crippen molar-refractivity contribution in [1.29, 1.82) is 5.26 Å². The van der Waals surface area contributed by atoms with Gasteiger partial charge in [0.1, 0.15) is 11.5 Å². The summed E-state index contributed by atoms with van der Waals surface area (Å²) < 4.78 is 5.89. The molecule has 82 valence electrons. The first-order valence-corrected chi connectivity index (χ1v) is 6.14. The summed E-state index contributed by atoms with van der Waals surface area (Å²) in [7, 11) is 0. The molecule has 0 saturated carbocycles. The van der Waals surface area contributed by atoms with Gasteiger partial charge in [0.25, 0.3) is 0 Å². The van der Waals surface area contributed by atoms with E-state index in [0.29, 0.717) is 6.42 Å². The fraction of sp³-hybridized carbons (Fsp3) is 0.0714. The lowest BCUT2D eigenvalue weighted by Crippen LogP contribution is -1.98. The number of hydrogen-bond donors (Lipinski definition) is 0. The van der Waals surface area contributed by atoms with E-state index in [-0.39, 0.29) is 0 Å². The van der Waals surface area contributed by atoms with Gasteiger partial charge in [-0.2, -0.15) is 5.26 Å². The summed E-state index contributed by atoms with van der Waals surface area (Å²) in [6, 6.07) is 16.1. The van der Waals surface area contributed by atoms with Gasteiger partial charge in [0.2, 0.25) is 0 Å². The molecule has 0 amide bonds. The summed E-state index contributed by atoms with van der Waals surface area (Å²) in [4.78, 5) is 2.20. The Bertz CT molecular complexity index is 616. The van der Waals surface area contributed by atoms with E-state index in [1.54, 1.807) is 11.8 Å². The van der Waals surface area contributed by atoms with E-state index in [4.69, 9.17) is 10.00 Å². The van der Waals surface area contributed by atoms with Gasteiger partial charge >= 0.3 is 0 Å². The fourth-order valence-corrected chi connectivity index (χ4v) is 2.83. The molecule has 3 rings (SSSR count). The second kappa shape index (κ2) is 4.15. The summed E-state index contributed by atoms with van der Waals surface area (Å²) in [5.74, 6) is 1.70. The van der Waals surface area contributed by atoms with E-state index in [0.717, 1.165) is 26.9 Å². The van der Waals surface area contributed by atoms with Gasteiger partial charge in [-0.05, 0) is 18.2 Å². The van der Waals surface area contributed by atoms with E-state index in [9.17, 15) is 0 Å². The van der Waals surface area contributed by atoms with Crippen molar-refractivity contribution >= 4 is 11.8 Å². The lowest BCUT2D eigenvalue weighted by atomic mass is 10.1. The molecule has 1 aliphatic rings. The molecule has 0 aliphatic carbocycles. The lowest BCUT2D eigenvalue weighted by molar-refractivity contribution is 0.450. The highest BCUT2D eigenvalue weighted by molar-refractivity contribution is 7.99. The Labute approximate surface area is 104 Å². The molecule has 2 aromatic rings. The molecule has 2 nitrogen and oxygen atoms in total. The lowest BCUT2D eigenvalue weighted by Gasteiger charge is -2.21. The van der Waals surface area contributed by atoms with E-state index < -0.39 is 0 Å². The molecule has 17 heavy (non-hydrogen) atoms. The molecule has 0 saturated heterocycles. The number of hydrogen-bond acceptors (Lipinski definition) is 3. The van der Waals surface area contributed by atoms with Crippen molar-refractivity contribution in [3.63, 3.8) is 0 Å². The van der Waals surface area contributed by atoms with Crippen molar-refractivity contribution in [2.45, 2.75) is 16.2 Å². The highest BCUT2D eigenvalue weighted by Gasteiger charge is 2.19. The first-order chi connectivity index (χ1) is 8.38. The SMILES string of the molecule is N#CCc1cccc2c1Oc1ccccc1S2. The van der Waals surface area contributed by atoms with Crippen LogP contribution >= 0.6 is 11.8 Å². The van der Waals surface area contributed by atoms with Crippen LogP contribution in [0, 0.1) is 11.3 Å². The van der Waals surface area contributed by atoms with Crippen LogP contribution in [0.2, 0.25) is 0 Å². The van der Waals surface area contributed by atoms with Crippen LogP contribution in [0.3, 0.4) is 0 Å². The minimum atomic E-state index is 0.381. The second-order valence-electron chi connectivity index (χ2n) is 3.73. The van der Waals surface area contributed by atoms with E-state index in [1.807, 2.05) is 42.5 Å². The smallest absolute Gasteiger partial charge is 0.145 e. The first kappa shape index (κ1) is 10.2. The van der Waals surface area contributed by atoms with Gasteiger partial charge in [0, 0.05) is 5.56 Å². The number of fused-ring (bicyclic) bond motifs is 2. The molecule has 3 heteroatoms. The van der Waals surface area contributed by atoms with Gasteiger partial charge < -0.3 is 4.74 Å². The van der Waals surface area contributed by atoms with Crippen LogP contribution in [0.25, 0.3) is 0 Å². The Hall–Kier alpha value is -1.92. The normalized spacial score (nSPS) is 11.9. The first-order valence-electron chi connectivity index (χ1n) is 5.32. The van der Waals surface area contributed by atoms with Crippen molar-refractivity contribution in [3.05, 3.63) is 48.0 Å². The Kier molecular flexibility index (Phi) is 2.50. The number of nitriles is 1. The summed E-state index contributed by atoms with van der Waals surface area (Å²) in [6.07, 6.45) is 0.381. The number of para-hydroxylation sites is 2. The van der Waals surface area contributed by atoms with E-state index >= 15 is 0 Å². The number of benzene rings is 2. The molecule has 0 spiro atoms. The van der Waals surface area contributed by atoms with Crippen molar-refractivity contribution in [3.8, 4) is 17.6 Å². The molecule has 0 radical (unpaired) electrons. The quantitative estimate of drug-likeness (QED) is 0.643. The molecular formula is C14H9NOS. The second-order valence-corrected chi connectivity index (χ2v) is 4.81. The molecular weight excluding hydrogens is 230 g/mol.